The van der Waals surface area contributed by atoms with E-state index >= 15 is 0 Å². The fourth-order valence-corrected chi connectivity index (χ4v) is 2.41. The fourth-order valence-electron chi connectivity index (χ4n) is 2.41. The number of aromatic nitrogens is 5. The van der Waals surface area contributed by atoms with Crippen LogP contribution < -0.4 is 10.1 Å². The van der Waals surface area contributed by atoms with Crippen molar-refractivity contribution >= 4 is 23.0 Å². The molecule has 0 bridgehead atoms. The van der Waals surface area contributed by atoms with Gasteiger partial charge in [0.2, 0.25) is 17.7 Å². The van der Waals surface area contributed by atoms with E-state index in [9.17, 15) is 13.2 Å². The predicted octanol–water partition coefficient (Wildman–Crippen LogP) is 3.78. The summed E-state index contributed by atoms with van der Waals surface area (Å²) in [4.78, 5) is 11.3. The lowest BCUT2D eigenvalue weighted by Gasteiger charge is -2.05. The van der Waals surface area contributed by atoms with Crippen molar-refractivity contribution < 1.29 is 22.3 Å². The molecule has 2 N–H and O–H groups in total. The Morgan fingerprint density at radius 1 is 1.11 bits per heavy atom. The number of aromatic amines is 1. The summed E-state index contributed by atoms with van der Waals surface area (Å²) in [5, 5.41) is 10.4. The van der Waals surface area contributed by atoms with E-state index in [1.54, 1.807) is 12.3 Å². The van der Waals surface area contributed by atoms with Gasteiger partial charge < -0.3 is 14.1 Å². The standard InChI is InChI=1S/C16H11F3N6O2/c1-26-13-11-10(6-7-20-13)21-14(22-11)23-15-25-24-12(27-15)8-2-4-9(5-3-8)16(17,18)19/h2-7H,1H3,(H2,21,22,23,25). The first-order valence-electron chi connectivity index (χ1n) is 7.61. The van der Waals surface area contributed by atoms with Gasteiger partial charge in [-0.3, -0.25) is 5.32 Å². The third-order valence-electron chi connectivity index (χ3n) is 3.67. The van der Waals surface area contributed by atoms with Gasteiger partial charge in [0.1, 0.15) is 0 Å². The maximum Gasteiger partial charge on any atom is 0.416 e. The van der Waals surface area contributed by atoms with Gasteiger partial charge in [0.25, 0.3) is 0 Å². The number of nitrogens with zero attached hydrogens (tertiary/aromatic N) is 4. The van der Waals surface area contributed by atoms with Crippen LogP contribution in [0.5, 0.6) is 5.88 Å². The van der Waals surface area contributed by atoms with Crippen LogP contribution in [0.1, 0.15) is 5.56 Å². The minimum atomic E-state index is -4.41. The molecule has 11 heteroatoms. The second-order valence-corrected chi connectivity index (χ2v) is 5.41. The smallest absolute Gasteiger partial charge is 0.416 e. The lowest BCUT2D eigenvalue weighted by Crippen LogP contribution is -2.03. The lowest BCUT2D eigenvalue weighted by atomic mass is 10.1. The van der Waals surface area contributed by atoms with E-state index in [2.05, 4.69) is 30.5 Å². The SMILES string of the molecule is COc1nccc2[nH]c(Nc3nnc(-c4ccc(C(F)(F)F)cc4)o3)nc12. The fraction of sp³-hybridized carbons (Fsp3) is 0.125. The summed E-state index contributed by atoms with van der Waals surface area (Å²) in [5.41, 5.74) is 0.810. The van der Waals surface area contributed by atoms with E-state index in [0.29, 0.717) is 28.4 Å². The van der Waals surface area contributed by atoms with Gasteiger partial charge in [-0.25, -0.2) is 9.97 Å². The minimum Gasteiger partial charge on any atom is -0.479 e. The van der Waals surface area contributed by atoms with Gasteiger partial charge in [0, 0.05) is 11.8 Å². The van der Waals surface area contributed by atoms with Crippen molar-refractivity contribution in [1.82, 2.24) is 25.1 Å². The number of H-pyrrole nitrogens is 1. The molecule has 0 fully saturated rings. The Labute approximate surface area is 149 Å². The molecule has 0 saturated carbocycles. The van der Waals surface area contributed by atoms with E-state index in [1.807, 2.05) is 0 Å². The highest BCUT2D eigenvalue weighted by atomic mass is 19.4. The minimum absolute atomic E-state index is 0.0240. The quantitative estimate of drug-likeness (QED) is 0.559. The largest absolute Gasteiger partial charge is 0.479 e. The summed E-state index contributed by atoms with van der Waals surface area (Å²) in [6, 6.07) is 6.17. The van der Waals surface area contributed by atoms with Crippen LogP contribution in [0.25, 0.3) is 22.5 Å². The highest BCUT2D eigenvalue weighted by Crippen LogP contribution is 2.31. The number of imidazole rings is 1. The number of methoxy groups -OCH3 is 1. The first kappa shape index (κ1) is 16.8. The van der Waals surface area contributed by atoms with Crippen LogP contribution in [0.15, 0.2) is 40.9 Å². The Hall–Kier alpha value is -3.63. The Morgan fingerprint density at radius 3 is 2.59 bits per heavy atom. The number of benzene rings is 1. The number of fused-ring (bicyclic) bond motifs is 1. The number of pyridine rings is 1. The molecule has 0 unspecified atom stereocenters. The summed E-state index contributed by atoms with van der Waals surface area (Å²) >= 11 is 0. The maximum atomic E-state index is 12.6. The third kappa shape index (κ3) is 3.26. The van der Waals surface area contributed by atoms with Gasteiger partial charge in [0.05, 0.1) is 18.2 Å². The zero-order valence-corrected chi connectivity index (χ0v) is 13.7. The molecule has 0 amide bonds. The number of hydrogen-bond donors (Lipinski definition) is 2. The second-order valence-electron chi connectivity index (χ2n) is 5.41. The van der Waals surface area contributed by atoms with Crippen LogP contribution in [0, 0.1) is 0 Å². The molecule has 0 saturated heterocycles. The van der Waals surface area contributed by atoms with Crippen molar-refractivity contribution in [3.8, 4) is 17.3 Å². The van der Waals surface area contributed by atoms with Crippen molar-refractivity contribution in [2.75, 3.05) is 12.4 Å². The summed E-state index contributed by atoms with van der Waals surface area (Å²) in [6.07, 6.45) is -2.84. The molecule has 4 rings (SSSR count). The highest BCUT2D eigenvalue weighted by molar-refractivity contribution is 5.82. The van der Waals surface area contributed by atoms with Gasteiger partial charge in [-0.15, -0.1) is 5.10 Å². The first-order chi connectivity index (χ1) is 12.9. The molecular weight excluding hydrogens is 365 g/mol. The van der Waals surface area contributed by atoms with Crippen LogP contribution >= 0.6 is 0 Å². The second kappa shape index (κ2) is 6.27. The van der Waals surface area contributed by atoms with Crippen LogP contribution in [-0.4, -0.2) is 32.3 Å². The zero-order chi connectivity index (χ0) is 19.0. The van der Waals surface area contributed by atoms with Crippen LogP contribution in [0.2, 0.25) is 0 Å². The van der Waals surface area contributed by atoms with Gasteiger partial charge in [0.15, 0.2) is 5.52 Å². The molecule has 0 spiro atoms. The summed E-state index contributed by atoms with van der Waals surface area (Å²) < 4.78 is 48.4. The average molecular weight is 376 g/mol. The lowest BCUT2D eigenvalue weighted by molar-refractivity contribution is -0.137. The summed E-state index contributed by atoms with van der Waals surface area (Å²) in [5.74, 6) is 0.744. The predicted molar refractivity (Wildman–Crippen MR) is 88.5 cm³/mol. The molecule has 3 heterocycles. The molecule has 0 radical (unpaired) electrons. The van der Waals surface area contributed by atoms with Crippen molar-refractivity contribution in [3.05, 3.63) is 42.1 Å². The van der Waals surface area contributed by atoms with Crippen LogP contribution in [0.4, 0.5) is 25.1 Å². The maximum absolute atomic E-state index is 12.6. The molecule has 8 nitrogen and oxygen atoms in total. The number of hydrogen-bond acceptors (Lipinski definition) is 7. The highest BCUT2D eigenvalue weighted by Gasteiger charge is 2.30. The molecule has 0 aliphatic rings. The molecule has 0 aliphatic heterocycles. The summed E-state index contributed by atoms with van der Waals surface area (Å²) in [7, 11) is 1.48. The van der Waals surface area contributed by atoms with Crippen LogP contribution in [-0.2, 0) is 6.18 Å². The Balaban J connectivity index is 1.56. The van der Waals surface area contributed by atoms with Gasteiger partial charge in [-0.1, -0.05) is 5.10 Å². The number of rotatable bonds is 4. The summed E-state index contributed by atoms with van der Waals surface area (Å²) in [6.45, 7) is 0. The van der Waals surface area contributed by atoms with E-state index in [1.165, 1.54) is 19.2 Å². The Kier molecular flexibility index (Phi) is 3.90. The van der Waals surface area contributed by atoms with Crippen molar-refractivity contribution in [1.29, 1.82) is 0 Å². The van der Waals surface area contributed by atoms with Crippen molar-refractivity contribution in [2.45, 2.75) is 6.18 Å². The zero-order valence-electron chi connectivity index (χ0n) is 13.7. The Morgan fingerprint density at radius 2 is 1.89 bits per heavy atom. The molecule has 4 aromatic rings. The topological polar surface area (TPSA) is 102 Å². The number of alkyl halides is 3. The van der Waals surface area contributed by atoms with Crippen molar-refractivity contribution in [2.24, 2.45) is 0 Å². The van der Waals surface area contributed by atoms with Crippen LogP contribution in [0.3, 0.4) is 0 Å². The molecule has 3 aromatic heterocycles. The molecule has 27 heavy (non-hydrogen) atoms. The molecule has 0 atom stereocenters. The van der Waals surface area contributed by atoms with E-state index in [-0.39, 0.29) is 11.9 Å². The van der Waals surface area contributed by atoms with E-state index in [4.69, 9.17) is 9.15 Å². The number of ether oxygens (including phenoxy) is 1. The normalized spacial score (nSPS) is 11.7. The van der Waals surface area contributed by atoms with E-state index < -0.39 is 11.7 Å². The first-order valence-corrected chi connectivity index (χ1v) is 7.61. The third-order valence-corrected chi connectivity index (χ3v) is 3.67. The number of halogens is 3. The van der Waals surface area contributed by atoms with Crippen molar-refractivity contribution in [3.63, 3.8) is 0 Å². The van der Waals surface area contributed by atoms with Gasteiger partial charge >= 0.3 is 12.2 Å². The number of nitrogens with one attached hydrogen (secondary N) is 2. The average Bonchev–Trinajstić information content (AvgIpc) is 3.27. The molecule has 1 aromatic carbocycles. The van der Waals surface area contributed by atoms with E-state index in [0.717, 1.165) is 12.1 Å². The van der Waals surface area contributed by atoms with Gasteiger partial charge in [-0.2, -0.15) is 13.2 Å². The number of anilines is 2. The molecule has 138 valence electrons. The van der Waals surface area contributed by atoms with Gasteiger partial charge in [-0.05, 0) is 30.3 Å². The monoisotopic (exact) mass is 376 g/mol. The molecular formula is C16H11F3N6O2. The Bertz CT molecular complexity index is 1090. The molecule has 0 aliphatic carbocycles.